The summed E-state index contributed by atoms with van der Waals surface area (Å²) in [6, 6.07) is 12.1. The molecule has 1 N–H and O–H groups in total. The third kappa shape index (κ3) is 3.43. The molecule has 7 nitrogen and oxygen atoms in total. The van der Waals surface area contributed by atoms with E-state index < -0.39 is 0 Å². The van der Waals surface area contributed by atoms with E-state index in [-0.39, 0.29) is 5.91 Å². The number of aromatic nitrogens is 4. The molecule has 1 aliphatic heterocycles. The van der Waals surface area contributed by atoms with Crippen molar-refractivity contribution in [2.24, 2.45) is 0 Å². The van der Waals surface area contributed by atoms with E-state index in [2.05, 4.69) is 38.7 Å². The fourth-order valence-corrected chi connectivity index (χ4v) is 3.52. The lowest BCUT2D eigenvalue weighted by Gasteiger charge is -2.33. The second kappa shape index (κ2) is 7.21. The highest BCUT2D eigenvalue weighted by Gasteiger charge is 2.18. The topological polar surface area (TPSA) is 75.4 Å². The SMILES string of the molecule is CC1CCCCN1Cc1cccc(NC(=O)c2cccn3nnnc23)c1. The van der Waals surface area contributed by atoms with Crippen LogP contribution in [0.4, 0.5) is 5.69 Å². The van der Waals surface area contributed by atoms with Crippen molar-refractivity contribution >= 4 is 17.2 Å². The van der Waals surface area contributed by atoms with Gasteiger partial charge >= 0.3 is 0 Å². The van der Waals surface area contributed by atoms with E-state index in [1.165, 1.54) is 29.3 Å². The molecule has 1 unspecified atom stereocenters. The number of tetrazole rings is 1. The zero-order chi connectivity index (χ0) is 17.9. The minimum atomic E-state index is -0.214. The minimum Gasteiger partial charge on any atom is -0.322 e. The Hall–Kier alpha value is -2.80. The third-order valence-electron chi connectivity index (χ3n) is 4.98. The van der Waals surface area contributed by atoms with Gasteiger partial charge in [-0.05, 0) is 66.6 Å². The van der Waals surface area contributed by atoms with Gasteiger partial charge in [0.25, 0.3) is 5.91 Å². The van der Waals surface area contributed by atoms with E-state index in [9.17, 15) is 4.79 Å². The number of likely N-dealkylation sites (tertiary alicyclic amines) is 1. The number of anilines is 1. The Balaban J connectivity index is 1.50. The van der Waals surface area contributed by atoms with Gasteiger partial charge in [-0.15, -0.1) is 5.10 Å². The van der Waals surface area contributed by atoms with Gasteiger partial charge in [0, 0.05) is 24.5 Å². The van der Waals surface area contributed by atoms with E-state index in [1.54, 1.807) is 18.3 Å². The Morgan fingerprint density at radius 1 is 1.27 bits per heavy atom. The molecule has 7 heteroatoms. The van der Waals surface area contributed by atoms with Crippen molar-refractivity contribution in [3.05, 3.63) is 53.7 Å². The van der Waals surface area contributed by atoms with Crippen molar-refractivity contribution in [3.63, 3.8) is 0 Å². The van der Waals surface area contributed by atoms with Crippen molar-refractivity contribution in [2.45, 2.75) is 38.8 Å². The van der Waals surface area contributed by atoms with Crippen LogP contribution in [-0.4, -0.2) is 43.4 Å². The summed E-state index contributed by atoms with van der Waals surface area (Å²) in [4.78, 5) is 15.2. The predicted octanol–water partition coefficient (Wildman–Crippen LogP) is 2.75. The van der Waals surface area contributed by atoms with Crippen molar-refractivity contribution in [1.82, 2.24) is 24.9 Å². The van der Waals surface area contributed by atoms with Gasteiger partial charge in [-0.2, -0.15) is 4.52 Å². The Kier molecular flexibility index (Phi) is 4.62. The molecule has 1 aliphatic rings. The van der Waals surface area contributed by atoms with Gasteiger partial charge < -0.3 is 5.32 Å². The molecule has 0 bridgehead atoms. The Bertz CT molecular complexity index is 921. The molecule has 2 aromatic heterocycles. The second-order valence-corrected chi connectivity index (χ2v) is 6.84. The first kappa shape index (κ1) is 16.7. The maximum atomic E-state index is 12.6. The quantitative estimate of drug-likeness (QED) is 0.783. The van der Waals surface area contributed by atoms with E-state index in [4.69, 9.17) is 0 Å². The first-order chi connectivity index (χ1) is 12.7. The van der Waals surface area contributed by atoms with Crippen LogP contribution < -0.4 is 5.32 Å². The number of piperidine rings is 1. The van der Waals surface area contributed by atoms with E-state index in [0.29, 0.717) is 17.3 Å². The van der Waals surface area contributed by atoms with Gasteiger partial charge in [0.1, 0.15) is 0 Å². The van der Waals surface area contributed by atoms with Gasteiger partial charge in [0.05, 0.1) is 5.56 Å². The maximum Gasteiger partial charge on any atom is 0.259 e. The summed E-state index contributed by atoms with van der Waals surface area (Å²) < 4.78 is 1.49. The number of fused-ring (bicyclic) bond motifs is 1. The lowest BCUT2D eigenvalue weighted by Crippen LogP contribution is -2.36. The third-order valence-corrected chi connectivity index (χ3v) is 4.98. The summed E-state index contributed by atoms with van der Waals surface area (Å²) in [5, 5.41) is 14.3. The van der Waals surface area contributed by atoms with Crippen LogP contribution in [-0.2, 0) is 6.54 Å². The molecule has 3 heterocycles. The van der Waals surface area contributed by atoms with Crippen molar-refractivity contribution < 1.29 is 4.79 Å². The van der Waals surface area contributed by atoms with Gasteiger partial charge in [-0.3, -0.25) is 9.69 Å². The zero-order valence-corrected chi connectivity index (χ0v) is 14.8. The Morgan fingerprint density at radius 3 is 3.08 bits per heavy atom. The van der Waals surface area contributed by atoms with Crippen LogP contribution in [0.5, 0.6) is 0 Å². The number of nitrogens with one attached hydrogen (secondary N) is 1. The molecular formula is C19H22N6O. The van der Waals surface area contributed by atoms with Crippen LogP contribution in [0.15, 0.2) is 42.6 Å². The fourth-order valence-electron chi connectivity index (χ4n) is 3.52. The summed E-state index contributed by atoms with van der Waals surface area (Å²) >= 11 is 0. The summed E-state index contributed by atoms with van der Waals surface area (Å²) in [5.41, 5.74) is 2.89. The highest BCUT2D eigenvalue weighted by molar-refractivity contribution is 6.08. The second-order valence-electron chi connectivity index (χ2n) is 6.84. The number of nitrogens with zero attached hydrogens (tertiary/aromatic N) is 5. The van der Waals surface area contributed by atoms with E-state index in [1.807, 2.05) is 18.2 Å². The number of amides is 1. The maximum absolute atomic E-state index is 12.6. The van der Waals surface area contributed by atoms with Crippen molar-refractivity contribution in [2.75, 3.05) is 11.9 Å². The van der Waals surface area contributed by atoms with Crippen molar-refractivity contribution in [3.8, 4) is 0 Å². The number of hydrogen-bond acceptors (Lipinski definition) is 5. The van der Waals surface area contributed by atoms with Crippen LogP contribution in [0.3, 0.4) is 0 Å². The van der Waals surface area contributed by atoms with Gasteiger partial charge in [-0.1, -0.05) is 18.6 Å². The monoisotopic (exact) mass is 350 g/mol. The summed E-state index contributed by atoms with van der Waals surface area (Å²) in [5.74, 6) is -0.214. The van der Waals surface area contributed by atoms with Gasteiger partial charge in [-0.25, -0.2) is 0 Å². The standard InChI is InChI=1S/C19H22N6O/c1-14-6-2-3-10-24(14)13-15-7-4-8-16(12-15)20-19(26)17-9-5-11-25-18(17)21-22-23-25/h4-5,7-9,11-12,14H,2-3,6,10,13H2,1H3,(H,20,26). The summed E-state index contributed by atoms with van der Waals surface area (Å²) in [7, 11) is 0. The largest absolute Gasteiger partial charge is 0.322 e. The average molecular weight is 350 g/mol. The Labute approximate surface area is 152 Å². The average Bonchev–Trinajstić information content (AvgIpc) is 3.12. The first-order valence-electron chi connectivity index (χ1n) is 9.02. The lowest BCUT2D eigenvalue weighted by atomic mass is 10.0. The number of benzene rings is 1. The van der Waals surface area contributed by atoms with Crippen LogP contribution in [0, 0.1) is 0 Å². The Morgan fingerprint density at radius 2 is 2.19 bits per heavy atom. The highest BCUT2D eigenvalue weighted by Crippen LogP contribution is 2.21. The van der Waals surface area contributed by atoms with Gasteiger partial charge in [0.2, 0.25) is 0 Å². The molecule has 0 aliphatic carbocycles. The fraction of sp³-hybridized carbons (Fsp3) is 0.368. The van der Waals surface area contributed by atoms with Crippen LogP contribution >= 0.6 is 0 Å². The molecule has 1 amide bonds. The molecule has 1 saturated heterocycles. The molecule has 3 aromatic rings. The van der Waals surface area contributed by atoms with Gasteiger partial charge in [0.15, 0.2) is 5.65 Å². The number of hydrogen-bond donors (Lipinski definition) is 1. The summed E-state index contributed by atoms with van der Waals surface area (Å²) in [6.45, 7) is 4.34. The number of carbonyl (C=O) groups is 1. The molecular weight excluding hydrogens is 328 g/mol. The molecule has 0 saturated carbocycles. The predicted molar refractivity (Wildman–Crippen MR) is 98.9 cm³/mol. The van der Waals surface area contributed by atoms with E-state index in [0.717, 1.165) is 18.8 Å². The van der Waals surface area contributed by atoms with E-state index >= 15 is 0 Å². The highest BCUT2D eigenvalue weighted by atomic mass is 16.1. The molecule has 1 fully saturated rings. The molecule has 134 valence electrons. The molecule has 1 aromatic carbocycles. The lowest BCUT2D eigenvalue weighted by molar-refractivity contribution is 0.102. The van der Waals surface area contributed by atoms with Crippen LogP contribution in [0.25, 0.3) is 5.65 Å². The number of pyridine rings is 1. The molecule has 0 radical (unpaired) electrons. The molecule has 4 rings (SSSR count). The van der Waals surface area contributed by atoms with Crippen LogP contribution in [0.1, 0.15) is 42.1 Å². The first-order valence-corrected chi connectivity index (χ1v) is 9.02. The zero-order valence-electron chi connectivity index (χ0n) is 14.8. The summed E-state index contributed by atoms with van der Waals surface area (Å²) in [6.07, 6.45) is 5.55. The molecule has 0 spiro atoms. The number of carbonyl (C=O) groups excluding carboxylic acids is 1. The normalized spacial score (nSPS) is 18.1. The number of rotatable bonds is 4. The minimum absolute atomic E-state index is 0.214. The molecule has 1 atom stereocenters. The van der Waals surface area contributed by atoms with Crippen molar-refractivity contribution in [1.29, 1.82) is 0 Å². The van der Waals surface area contributed by atoms with Crippen LogP contribution in [0.2, 0.25) is 0 Å². The molecule has 26 heavy (non-hydrogen) atoms. The smallest absolute Gasteiger partial charge is 0.259 e.